The molecular weight excluding hydrogens is 256 g/mol. The van der Waals surface area contributed by atoms with Crippen molar-refractivity contribution in [1.82, 2.24) is 5.32 Å². The number of nitrogens with zero attached hydrogens (tertiary/aromatic N) is 1. The van der Waals surface area contributed by atoms with E-state index in [2.05, 4.69) is 5.32 Å². The number of carbonyl (C=O) groups excluding carboxylic acids is 1. The second-order valence-corrected chi connectivity index (χ2v) is 4.81. The van der Waals surface area contributed by atoms with Crippen LogP contribution >= 0.6 is 0 Å². The Kier molecular flexibility index (Phi) is 5.39. The van der Waals surface area contributed by atoms with Gasteiger partial charge in [-0.3, -0.25) is 4.79 Å². The smallest absolute Gasteiger partial charge is 0.257 e. The number of carbonyl (C=O) groups is 1. The second kappa shape index (κ2) is 7.51. The van der Waals surface area contributed by atoms with Gasteiger partial charge >= 0.3 is 0 Å². The van der Waals surface area contributed by atoms with Gasteiger partial charge in [-0.25, -0.2) is 0 Å². The minimum absolute atomic E-state index is 0.0144. The third-order valence-electron chi connectivity index (χ3n) is 3.20. The van der Waals surface area contributed by atoms with Crippen molar-refractivity contribution in [2.24, 2.45) is 5.92 Å². The zero-order valence-corrected chi connectivity index (χ0v) is 11.3. The minimum Gasteiger partial charge on any atom is -0.484 e. The van der Waals surface area contributed by atoms with Gasteiger partial charge in [-0.2, -0.15) is 5.26 Å². The summed E-state index contributed by atoms with van der Waals surface area (Å²) in [6.07, 6.45) is 2.15. The molecule has 5 heteroatoms. The van der Waals surface area contributed by atoms with E-state index in [-0.39, 0.29) is 12.5 Å². The molecule has 2 rings (SSSR count). The third-order valence-corrected chi connectivity index (χ3v) is 3.20. The van der Waals surface area contributed by atoms with Crippen LogP contribution in [0.1, 0.15) is 18.4 Å². The fraction of sp³-hybridized carbons (Fsp3) is 0.467. The molecule has 0 aromatic heterocycles. The quantitative estimate of drug-likeness (QED) is 0.882. The van der Waals surface area contributed by atoms with Crippen LogP contribution in [0.15, 0.2) is 24.3 Å². The van der Waals surface area contributed by atoms with Crippen LogP contribution < -0.4 is 10.1 Å². The molecule has 1 fully saturated rings. The van der Waals surface area contributed by atoms with E-state index in [0.717, 1.165) is 26.1 Å². The summed E-state index contributed by atoms with van der Waals surface area (Å²) in [5.74, 6) is 0.850. The first kappa shape index (κ1) is 14.4. The van der Waals surface area contributed by atoms with Gasteiger partial charge < -0.3 is 14.8 Å². The van der Waals surface area contributed by atoms with Crippen molar-refractivity contribution in [3.63, 3.8) is 0 Å². The van der Waals surface area contributed by atoms with E-state index >= 15 is 0 Å². The molecule has 1 aromatic carbocycles. The van der Waals surface area contributed by atoms with E-state index < -0.39 is 0 Å². The van der Waals surface area contributed by atoms with Crippen LogP contribution in [-0.2, 0) is 9.53 Å². The summed E-state index contributed by atoms with van der Waals surface area (Å²) in [7, 11) is 0. The number of amides is 1. The highest BCUT2D eigenvalue weighted by molar-refractivity contribution is 5.77. The summed E-state index contributed by atoms with van der Waals surface area (Å²) in [4.78, 5) is 11.7. The average Bonchev–Trinajstić information content (AvgIpc) is 2.52. The van der Waals surface area contributed by atoms with Gasteiger partial charge in [0.15, 0.2) is 6.61 Å². The zero-order chi connectivity index (χ0) is 14.2. The number of hydrogen-bond donors (Lipinski definition) is 1. The van der Waals surface area contributed by atoms with Gasteiger partial charge in [0.2, 0.25) is 0 Å². The highest BCUT2D eigenvalue weighted by Crippen LogP contribution is 2.13. The van der Waals surface area contributed by atoms with E-state index in [9.17, 15) is 4.79 Å². The lowest BCUT2D eigenvalue weighted by Gasteiger charge is -2.22. The Balaban J connectivity index is 1.67. The maximum absolute atomic E-state index is 11.7. The molecule has 0 aliphatic carbocycles. The summed E-state index contributed by atoms with van der Waals surface area (Å²) in [6.45, 7) is 2.16. The van der Waals surface area contributed by atoms with Crippen molar-refractivity contribution in [2.75, 3.05) is 26.4 Å². The monoisotopic (exact) mass is 274 g/mol. The van der Waals surface area contributed by atoms with Crippen LogP contribution in [0.3, 0.4) is 0 Å². The third kappa shape index (κ3) is 4.56. The van der Waals surface area contributed by atoms with Crippen molar-refractivity contribution in [3.05, 3.63) is 29.8 Å². The first-order valence-corrected chi connectivity index (χ1v) is 6.75. The average molecular weight is 274 g/mol. The molecule has 1 aliphatic heterocycles. The van der Waals surface area contributed by atoms with E-state index in [1.807, 2.05) is 6.07 Å². The van der Waals surface area contributed by atoms with Gasteiger partial charge in [-0.15, -0.1) is 0 Å². The molecule has 0 saturated carbocycles. The summed E-state index contributed by atoms with van der Waals surface area (Å²) >= 11 is 0. The molecule has 1 amide bonds. The first-order chi connectivity index (χ1) is 9.78. The molecule has 106 valence electrons. The van der Waals surface area contributed by atoms with Gasteiger partial charge in [0, 0.05) is 13.2 Å². The topological polar surface area (TPSA) is 71.3 Å². The summed E-state index contributed by atoms with van der Waals surface area (Å²) in [6, 6.07) is 8.71. The molecule has 1 atom stereocenters. The Labute approximate surface area is 118 Å². The van der Waals surface area contributed by atoms with Gasteiger partial charge in [-0.05, 0) is 43.0 Å². The highest BCUT2D eigenvalue weighted by atomic mass is 16.5. The molecular formula is C15H18N2O3. The lowest BCUT2D eigenvalue weighted by atomic mass is 10.0. The largest absolute Gasteiger partial charge is 0.484 e. The maximum atomic E-state index is 11.7. The second-order valence-electron chi connectivity index (χ2n) is 4.81. The molecule has 0 bridgehead atoms. The highest BCUT2D eigenvalue weighted by Gasteiger charge is 2.14. The van der Waals surface area contributed by atoms with E-state index in [4.69, 9.17) is 14.7 Å². The van der Waals surface area contributed by atoms with E-state index in [1.54, 1.807) is 24.3 Å². The standard InChI is InChI=1S/C15H18N2O3/c16-8-12-3-5-14(6-4-12)20-11-15(18)17-9-13-2-1-7-19-10-13/h3-6,13H,1-2,7,9-11H2,(H,17,18). The van der Waals surface area contributed by atoms with E-state index in [1.165, 1.54) is 0 Å². The summed E-state index contributed by atoms with van der Waals surface area (Å²) in [5, 5.41) is 11.5. The molecule has 0 spiro atoms. The fourth-order valence-electron chi connectivity index (χ4n) is 2.05. The Morgan fingerprint density at radius 1 is 1.45 bits per heavy atom. The molecule has 1 unspecified atom stereocenters. The SMILES string of the molecule is N#Cc1ccc(OCC(=O)NCC2CCCOC2)cc1. The van der Waals surface area contributed by atoms with Gasteiger partial charge in [0.1, 0.15) is 5.75 Å². The zero-order valence-electron chi connectivity index (χ0n) is 11.3. The van der Waals surface area contributed by atoms with Crippen LogP contribution in [-0.4, -0.2) is 32.3 Å². The van der Waals surface area contributed by atoms with Crippen molar-refractivity contribution in [2.45, 2.75) is 12.8 Å². The molecule has 5 nitrogen and oxygen atoms in total. The number of nitriles is 1. The number of benzene rings is 1. The van der Waals surface area contributed by atoms with Crippen LogP contribution in [0.4, 0.5) is 0 Å². The first-order valence-electron chi connectivity index (χ1n) is 6.75. The van der Waals surface area contributed by atoms with Crippen molar-refractivity contribution in [3.8, 4) is 11.8 Å². The summed E-state index contributed by atoms with van der Waals surface area (Å²) in [5.41, 5.74) is 0.569. The van der Waals surface area contributed by atoms with Crippen LogP contribution in [0, 0.1) is 17.2 Å². The van der Waals surface area contributed by atoms with Crippen LogP contribution in [0.25, 0.3) is 0 Å². The van der Waals surface area contributed by atoms with Gasteiger partial charge in [0.25, 0.3) is 5.91 Å². The predicted molar refractivity (Wildman–Crippen MR) is 73.2 cm³/mol. The normalized spacial score (nSPS) is 18.1. The van der Waals surface area contributed by atoms with Crippen LogP contribution in [0.2, 0.25) is 0 Å². The lowest BCUT2D eigenvalue weighted by molar-refractivity contribution is -0.123. The molecule has 0 radical (unpaired) electrons. The Bertz CT molecular complexity index is 473. The Morgan fingerprint density at radius 2 is 2.25 bits per heavy atom. The maximum Gasteiger partial charge on any atom is 0.257 e. The molecule has 1 N–H and O–H groups in total. The number of ether oxygens (including phenoxy) is 2. The summed E-state index contributed by atoms with van der Waals surface area (Å²) < 4.78 is 10.7. The van der Waals surface area contributed by atoms with Gasteiger partial charge in [0.05, 0.1) is 18.2 Å². The van der Waals surface area contributed by atoms with Crippen LogP contribution in [0.5, 0.6) is 5.75 Å². The molecule has 1 heterocycles. The minimum atomic E-state index is -0.139. The Hall–Kier alpha value is -2.06. The Morgan fingerprint density at radius 3 is 2.90 bits per heavy atom. The van der Waals surface area contributed by atoms with Crippen molar-refractivity contribution < 1.29 is 14.3 Å². The number of rotatable bonds is 5. The molecule has 1 saturated heterocycles. The fourth-order valence-corrected chi connectivity index (χ4v) is 2.05. The molecule has 1 aromatic rings. The van der Waals surface area contributed by atoms with E-state index in [0.29, 0.717) is 23.8 Å². The lowest BCUT2D eigenvalue weighted by Crippen LogP contribution is -2.35. The van der Waals surface area contributed by atoms with Gasteiger partial charge in [-0.1, -0.05) is 0 Å². The molecule has 20 heavy (non-hydrogen) atoms. The predicted octanol–water partition coefficient (Wildman–Crippen LogP) is 1.48. The van der Waals surface area contributed by atoms with Crippen molar-refractivity contribution in [1.29, 1.82) is 5.26 Å². The number of nitrogens with one attached hydrogen (secondary N) is 1. The molecule has 1 aliphatic rings. The number of hydrogen-bond acceptors (Lipinski definition) is 4. The van der Waals surface area contributed by atoms with Crippen molar-refractivity contribution >= 4 is 5.91 Å².